The molecular weight excluding hydrogens is 689 g/mol. The molecule has 0 atom stereocenters. The Morgan fingerprint density at radius 1 is 0.755 bits per heavy atom. The largest absolute Gasteiger partial charge is 0.430 e. The van der Waals surface area contributed by atoms with Crippen molar-refractivity contribution in [3.05, 3.63) is 131 Å². The minimum absolute atomic E-state index is 0.121. The summed E-state index contributed by atoms with van der Waals surface area (Å²) < 4.78 is 166. The molecule has 3 aromatic carbocycles. The van der Waals surface area contributed by atoms with E-state index in [1.54, 1.807) is 24.5 Å². The Balaban J connectivity index is 1.54. The van der Waals surface area contributed by atoms with Gasteiger partial charge in [-0.15, -0.1) is 0 Å². The highest BCUT2D eigenvalue weighted by molar-refractivity contribution is 7.92. The van der Waals surface area contributed by atoms with Gasteiger partial charge in [-0.25, -0.2) is 21.6 Å². The quantitative estimate of drug-likeness (QED) is 0.121. The van der Waals surface area contributed by atoms with E-state index >= 15 is 0 Å². The van der Waals surface area contributed by atoms with Gasteiger partial charge >= 0.3 is 12.4 Å². The lowest BCUT2D eigenvalue weighted by Crippen LogP contribution is -2.56. The van der Waals surface area contributed by atoms with Gasteiger partial charge in [-0.05, 0) is 79.3 Å². The normalized spacial score (nSPS) is 19.2. The molecule has 1 aliphatic carbocycles. The van der Waals surface area contributed by atoms with Crippen LogP contribution in [-0.4, -0.2) is 31.9 Å². The average molecular weight is 718 g/mol. The molecule has 262 valence electrons. The van der Waals surface area contributed by atoms with Crippen molar-refractivity contribution in [2.45, 2.75) is 72.6 Å². The van der Waals surface area contributed by atoms with Gasteiger partial charge < -0.3 is 9.47 Å². The number of aromatic nitrogens is 1. The molecule has 1 aliphatic rings. The van der Waals surface area contributed by atoms with Crippen LogP contribution in [0.2, 0.25) is 0 Å². The summed E-state index contributed by atoms with van der Waals surface area (Å²) in [5.41, 5.74) is -7.05. The van der Waals surface area contributed by atoms with Crippen molar-refractivity contribution in [3.63, 3.8) is 0 Å². The van der Waals surface area contributed by atoms with Crippen molar-refractivity contribution in [1.29, 1.82) is 0 Å². The zero-order chi connectivity index (χ0) is 35.7. The van der Waals surface area contributed by atoms with Crippen LogP contribution < -0.4 is 0 Å². The fraction of sp³-hybridized carbons (Fsp3) is 0.324. The summed E-state index contributed by atoms with van der Waals surface area (Å²) in [6.07, 6.45) is -9.63. The number of pyridine rings is 1. The highest BCUT2D eigenvalue weighted by Crippen LogP contribution is 2.54. The standard InChI is InChI=1S/C34H28F9NO4S/c35-25-10-12-27(13-11-25)49(45,46)31(16-14-26(15-17-31)47-20-22-3-2-18-44-19-22)23-6-8-24(9-7-23)32(33(38,39)40,34(41,42)43)48-21-28-29(36)4-1-5-30(28)37/h1-13,18-19,26H,14-17,20-21H2. The summed E-state index contributed by atoms with van der Waals surface area (Å²) >= 11 is 0. The van der Waals surface area contributed by atoms with E-state index in [-0.39, 0.29) is 42.7 Å². The van der Waals surface area contributed by atoms with E-state index in [1.807, 2.05) is 0 Å². The van der Waals surface area contributed by atoms with Crippen molar-refractivity contribution < 1.29 is 57.4 Å². The second-order valence-electron chi connectivity index (χ2n) is 11.6. The summed E-state index contributed by atoms with van der Waals surface area (Å²) in [5, 5.41) is 0. The van der Waals surface area contributed by atoms with E-state index in [1.165, 1.54) is 0 Å². The molecule has 4 aromatic rings. The molecule has 0 saturated heterocycles. The summed E-state index contributed by atoms with van der Waals surface area (Å²) in [4.78, 5) is 3.70. The third kappa shape index (κ3) is 6.93. The molecule has 0 aliphatic heterocycles. The number of ether oxygens (including phenoxy) is 2. The lowest BCUT2D eigenvalue weighted by molar-refractivity contribution is -0.392. The van der Waals surface area contributed by atoms with Crippen LogP contribution in [0.4, 0.5) is 39.5 Å². The molecule has 5 rings (SSSR count). The zero-order valence-corrected chi connectivity index (χ0v) is 26.2. The molecular formula is C34H28F9NO4S. The molecule has 0 bridgehead atoms. The van der Waals surface area contributed by atoms with Crippen LogP contribution in [0.1, 0.15) is 47.9 Å². The average Bonchev–Trinajstić information content (AvgIpc) is 3.05. The number of rotatable bonds is 10. The van der Waals surface area contributed by atoms with Crippen molar-refractivity contribution in [1.82, 2.24) is 4.98 Å². The molecule has 1 fully saturated rings. The molecule has 1 aromatic heterocycles. The lowest BCUT2D eigenvalue weighted by atomic mass is 9.80. The fourth-order valence-corrected chi connectivity index (χ4v) is 8.23. The maximum atomic E-state index is 14.5. The summed E-state index contributed by atoms with van der Waals surface area (Å²) in [7, 11) is -4.44. The van der Waals surface area contributed by atoms with Crippen LogP contribution in [0.3, 0.4) is 0 Å². The highest BCUT2D eigenvalue weighted by Gasteiger charge is 2.73. The third-order valence-electron chi connectivity index (χ3n) is 8.70. The van der Waals surface area contributed by atoms with Gasteiger partial charge in [0, 0.05) is 23.5 Å². The molecule has 49 heavy (non-hydrogen) atoms. The molecule has 0 radical (unpaired) electrons. The topological polar surface area (TPSA) is 65.5 Å². The van der Waals surface area contributed by atoms with Gasteiger partial charge in [0.15, 0.2) is 9.84 Å². The minimum Gasteiger partial charge on any atom is -0.373 e. The van der Waals surface area contributed by atoms with Gasteiger partial charge in [-0.1, -0.05) is 36.4 Å². The van der Waals surface area contributed by atoms with E-state index in [4.69, 9.17) is 4.74 Å². The first kappa shape index (κ1) is 36.3. The molecule has 0 spiro atoms. The van der Waals surface area contributed by atoms with Crippen molar-refractivity contribution in [3.8, 4) is 0 Å². The predicted molar refractivity (Wildman–Crippen MR) is 158 cm³/mol. The molecule has 15 heteroatoms. The zero-order valence-electron chi connectivity index (χ0n) is 25.4. The van der Waals surface area contributed by atoms with Crippen LogP contribution in [0.5, 0.6) is 0 Å². The predicted octanol–water partition coefficient (Wildman–Crippen LogP) is 8.86. The SMILES string of the molecule is O=S(=O)(c1ccc(F)cc1)C1(c2ccc(C(OCc3c(F)cccc3F)(C(F)(F)F)C(F)(F)F)cc2)CCC(OCc2cccnc2)CC1. The molecule has 5 nitrogen and oxygen atoms in total. The number of hydrogen-bond acceptors (Lipinski definition) is 5. The van der Waals surface area contributed by atoms with E-state index < -0.39 is 73.8 Å². The number of alkyl halides is 6. The van der Waals surface area contributed by atoms with Crippen LogP contribution in [-0.2, 0) is 42.9 Å². The molecule has 0 amide bonds. The molecule has 1 heterocycles. The van der Waals surface area contributed by atoms with Crippen molar-refractivity contribution in [2.24, 2.45) is 0 Å². The van der Waals surface area contributed by atoms with Crippen LogP contribution >= 0.6 is 0 Å². The van der Waals surface area contributed by atoms with Crippen LogP contribution in [0.15, 0.2) is 96.2 Å². The Morgan fingerprint density at radius 2 is 1.35 bits per heavy atom. The highest BCUT2D eigenvalue weighted by atomic mass is 32.2. The summed E-state index contributed by atoms with van der Waals surface area (Å²) in [6, 6.07) is 12.1. The monoisotopic (exact) mass is 717 g/mol. The Morgan fingerprint density at radius 3 is 1.88 bits per heavy atom. The number of hydrogen-bond donors (Lipinski definition) is 0. The van der Waals surface area contributed by atoms with E-state index in [2.05, 4.69) is 9.72 Å². The first-order valence-corrected chi connectivity index (χ1v) is 16.3. The fourth-order valence-electron chi connectivity index (χ4n) is 6.07. The minimum atomic E-state index is -6.18. The summed E-state index contributed by atoms with van der Waals surface area (Å²) in [6.45, 7) is -1.57. The summed E-state index contributed by atoms with van der Waals surface area (Å²) in [5.74, 6) is -3.56. The second kappa shape index (κ2) is 13.8. The van der Waals surface area contributed by atoms with Crippen molar-refractivity contribution >= 4 is 9.84 Å². The number of nitrogens with zero attached hydrogens (tertiary/aromatic N) is 1. The second-order valence-corrected chi connectivity index (χ2v) is 13.8. The van der Waals surface area contributed by atoms with Gasteiger partial charge in [-0.3, -0.25) is 4.98 Å². The van der Waals surface area contributed by atoms with Crippen LogP contribution in [0.25, 0.3) is 0 Å². The maximum absolute atomic E-state index is 14.5. The van der Waals surface area contributed by atoms with Crippen LogP contribution in [0, 0.1) is 17.5 Å². The van der Waals surface area contributed by atoms with E-state index in [0.717, 1.165) is 48.0 Å². The van der Waals surface area contributed by atoms with Gasteiger partial charge in [0.05, 0.1) is 24.2 Å². The first-order chi connectivity index (χ1) is 23.0. The van der Waals surface area contributed by atoms with Gasteiger partial charge in [0.1, 0.15) is 22.2 Å². The maximum Gasteiger partial charge on any atom is 0.430 e. The Bertz CT molecular complexity index is 1810. The Hall–Kier alpha value is -3.95. The molecule has 1 saturated carbocycles. The lowest BCUT2D eigenvalue weighted by Gasteiger charge is -2.41. The smallest absolute Gasteiger partial charge is 0.373 e. The van der Waals surface area contributed by atoms with E-state index in [9.17, 15) is 47.9 Å². The third-order valence-corrected chi connectivity index (χ3v) is 11.3. The molecule has 0 N–H and O–H groups in total. The number of benzene rings is 3. The first-order valence-electron chi connectivity index (χ1n) is 14.8. The van der Waals surface area contributed by atoms with Gasteiger partial charge in [-0.2, -0.15) is 26.3 Å². The Labute approximate surface area is 275 Å². The van der Waals surface area contributed by atoms with E-state index in [0.29, 0.717) is 24.3 Å². The Kier molecular flexibility index (Phi) is 10.2. The molecule has 0 unspecified atom stereocenters. The number of sulfone groups is 1. The van der Waals surface area contributed by atoms with Crippen molar-refractivity contribution in [2.75, 3.05) is 0 Å². The number of halogens is 9. The van der Waals surface area contributed by atoms with Gasteiger partial charge in [0.2, 0.25) is 0 Å². The van der Waals surface area contributed by atoms with Gasteiger partial charge in [0.25, 0.3) is 5.60 Å².